The molecule has 2 atom stereocenters. The van der Waals surface area contributed by atoms with Crippen LogP contribution >= 0.6 is 0 Å². The minimum Gasteiger partial charge on any atom is -0.361 e. The average molecular weight is 264 g/mol. The predicted octanol–water partition coefficient (Wildman–Crippen LogP) is 4.07. The molecule has 1 N–H and O–H groups in total. The molecular weight excluding hydrogens is 236 g/mol. The van der Waals surface area contributed by atoms with Crippen molar-refractivity contribution in [3.8, 4) is 0 Å². The maximum absolute atomic E-state index is 5.10. The van der Waals surface area contributed by atoms with Crippen LogP contribution in [0.3, 0.4) is 0 Å². The molecule has 108 valence electrons. The van der Waals surface area contributed by atoms with E-state index in [0.717, 1.165) is 23.9 Å². The molecule has 1 aromatic heterocycles. The zero-order valence-corrected chi connectivity index (χ0v) is 12.8. The highest BCUT2D eigenvalue weighted by Gasteiger charge is 2.27. The number of nitrogens with one attached hydrogen (secondary N) is 1. The lowest BCUT2D eigenvalue weighted by molar-refractivity contribution is 0.213. The van der Waals surface area contributed by atoms with E-state index in [1.807, 2.05) is 13.0 Å². The molecule has 1 aliphatic rings. The van der Waals surface area contributed by atoms with Gasteiger partial charge < -0.3 is 9.84 Å². The highest BCUT2D eigenvalue weighted by atomic mass is 16.5. The topological polar surface area (TPSA) is 38.1 Å². The number of aromatic nitrogens is 1. The summed E-state index contributed by atoms with van der Waals surface area (Å²) in [4.78, 5) is 0. The number of hydrogen-bond acceptors (Lipinski definition) is 3. The third kappa shape index (κ3) is 4.34. The van der Waals surface area contributed by atoms with E-state index in [-0.39, 0.29) is 0 Å². The van der Waals surface area contributed by atoms with Crippen molar-refractivity contribution in [2.45, 2.75) is 72.4 Å². The summed E-state index contributed by atoms with van der Waals surface area (Å²) >= 11 is 0. The fraction of sp³-hybridized carbons (Fsp3) is 0.812. The van der Waals surface area contributed by atoms with E-state index in [0.29, 0.717) is 11.5 Å². The number of aryl methyl sites for hydroxylation is 1. The first kappa shape index (κ1) is 14.6. The van der Waals surface area contributed by atoms with Crippen molar-refractivity contribution < 1.29 is 4.52 Å². The van der Waals surface area contributed by atoms with Gasteiger partial charge in [0.15, 0.2) is 0 Å². The van der Waals surface area contributed by atoms with Gasteiger partial charge in [-0.25, -0.2) is 0 Å². The molecule has 1 saturated carbocycles. The first-order chi connectivity index (χ1) is 8.95. The molecule has 0 spiro atoms. The monoisotopic (exact) mass is 264 g/mol. The van der Waals surface area contributed by atoms with Gasteiger partial charge in [-0.3, -0.25) is 0 Å². The van der Waals surface area contributed by atoms with Crippen molar-refractivity contribution in [2.75, 3.05) is 0 Å². The van der Waals surface area contributed by atoms with Crippen LogP contribution in [0, 0.1) is 18.3 Å². The van der Waals surface area contributed by atoms with E-state index in [1.54, 1.807) is 0 Å². The average Bonchev–Trinajstić information content (AvgIpc) is 2.61. The Bertz CT molecular complexity index is 392. The summed E-state index contributed by atoms with van der Waals surface area (Å²) in [6.45, 7) is 9.91. The zero-order valence-electron chi connectivity index (χ0n) is 12.8. The van der Waals surface area contributed by atoms with Gasteiger partial charge in [0.05, 0.1) is 5.69 Å². The molecular formula is C16H28N2O. The summed E-state index contributed by atoms with van der Waals surface area (Å²) in [7, 11) is 0. The minimum absolute atomic E-state index is 0.456. The van der Waals surface area contributed by atoms with Crippen LogP contribution in [0.2, 0.25) is 0 Å². The van der Waals surface area contributed by atoms with Gasteiger partial charge in [-0.1, -0.05) is 32.3 Å². The van der Waals surface area contributed by atoms with Gasteiger partial charge in [0.2, 0.25) is 0 Å². The third-order valence-electron chi connectivity index (χ3n) is 4.44. The second-order valence-electron chi connectivity index (χ2n) is 7.08. The van der Waals surface area contributed by atoms with Gasteiger partial charge >= 0.3 is 0 Å². The molecule has 2 unspecified atom stereocenters. The standard InChI is InChI=1S/C16H28N2O/c1-12-10-15(18-19-12)11-17-14-7-5-6-13(8-9-14)16(2,3)4/h10,13-14,17H,5-9,11H2,1-4H3. The molecule has 0 aromatic carbocycles. The molecule has 1 aromatic rings. The van der Waals surface area contributed by atoms with Crippen LogP contribution in [0.4, 0.5) is 0 Å². The Morgan fingerprint density at radius 3 is 2.68 bits per heavy atom. The number of rotatable bonds is 3. The Balaban J connectivity index is 1.80. The molecule has 3 nitrogen and oxygen atoms in total. The molecule has 1 fully saturated rings. The van der Waals surface area contributed by atoms with Crippen LogP contribution in [0.15, 0.2) is 10.6 Å². The minimum atomic E-state index is 0.456. The fourth-order valence-corrected chi connectivity index (χ4v) is 3.12. The van der Waals surface area contributed by atoms with Gasteiger partial charge in [-0.2, -0.15) is 0 Å². The van der Waals surface area contributed by atoms with E-state index in [2.05, 4.69) is 31.2 Å². The van der Waals surface area contributed by atoms with Crippen molar-refractivity contribution in [1.29, 1.82) is 0 Å². The summed E-state index contributed by atoms with van der Waals surface area (Å²) in [6.07, 6.45) is 6.66. The maximum atomic E-state index is 5.10. The largest absolute Gasteiger partial charge is 0.361 e. The van der Waals surface area contributed by atoms with Crippen LogP contribution < -0.4 is 5.32 Å². The Labute approximate surface area is 117 Å². The highest BCUT2D eigenvalue weighted by molar-refractivity contribution is 5.03. The summed E-state index contributed by atoms with van der Waals surface area (Å²) in [6, 6.07) is 2.66. The zero-order chi connectivity index (χ0) is 13.9. The van der Waals surface area contributed by atoms with Crippen LogP contribution in [-0.2, 0) is 6.54 Å². The lowest BCUT2D eigenvalue weighted by atomic mass is 9.76. The quantitative estimate of drug-likeness (QED) is 0.836. The second kappa shape index (κ2) is 6.08. The lowest BCUT2D eigenvalue weighted by Crippen LogP contribution is -2.28. The number of hydrogen-bond donors (Lipinski definition) is 1. The smallest absolute Gasteiger partial charge is 0.133 e. The molecule has 0 radical (unpaired) electrons. The molecule has 1 heterocycles. The van der Waals surface area contributed by atoms with Crippen LogP contribution in [0.5, 0.6) is 0 Å². The summed E-state index contributed by atoms with van der Waals surface area (Å²) in [5.41, 5.74) is 1.48. The Morgan fingerprint density at radius 2 is 2.05 bits per heavy atom. The Hall–Kier alpha value is -0.830. The molecule has 19 heavy (non-hydrogen) atoms. The maximum Gasteiger partial charge on any atom is 0.133 e. The van der Waals surface area contributed by atoms with Gasteiger partial charge in [0.1, 0.15) is 5.76 Å². The molecule has 0 saturated heterocycles. The summed E-state index contributed by atoms with van der Waals surface area (Å²) < 4.78 is 5.10. The van der Waals surface area contributed by atoms with E-state index in [1.165, 1.54) is 32.1 Å². The molecule has 0 amide bonds. The van der Waals surface area contributed by atoms with Crippen molar-refractivity contribution in [2.24, 2.45) is 11.3 Å². The highest BCUT2D eigenvalue weighted by Crippen LogP contribution is 2.36. The van der Waals surface area contributed by atoms with E-state index >= 15 is 0 Å². The van der Waals surface area contributed by atoms with Gasteiger partial charge in [0.25, 0.3) is 0 Å². The van der Waals surface area contributed by atoms with Gasteiger partial charge in [-0.05, 0) is 43.9 Å². The Kier molecular flexibility index (Phi) is 4.67. The van der Waals surface area contributed by atoms with Crippen LogP contribution in [0.1, 0.15) is 64.3 Å². The fourth-order valence-electron chi connectivity index (χ4n) is 3.12. The van der Waals surface area contributed by atoms with Crippen molar-refractivity contribution in [3.63, 3.8) is 0 Å². The SMILES string of the molecule is Cc1cc(CNC2CCCC(C(C)(C)C)CC2)no1. The molecule has 1 aliphatic carbocycles. The third-order valence-corrected chi connectivity index (χ3v) is 4.44. The van der Waals surface area contributed by atoms with Crippen molar-refractivity contribution >= 4 is 0 Å². The molecule has 3 heteroatoms. The second-order valence-corrected chi connectivity index (χ2v) is 7.08. The van der Waals surface area contributed by atoms with Crippen LogP contribution in [0.25, 0.3) is 0 Å². The van der Waals surface area contributed by atoms with Gasteiger partial charge in [-0.15, -0.1) is 0 Å². The Morgan fingerprint density at radius 1 is 1.26 bits per heavy atom. The summed E-state index contributed by atoms with van der Waals surface area (Å²) in [5, 5.41) is 7.68. The van der Waals surface area contributed by atoms with E-state index < -0.39 is 0 Å². The van der Waals surface area contributed by atoms with Gasteiger partial charge in [0, 0.05) is 18.7 Å². The normalized spacial score (nSPS) is 25.3. The molecule has 0 aliphatic heterocycles. The lowest BCUT2D eigenvalue weighted by Gasteiger charge is -2.29. The molecule has 2 rings (SSSR count). The summed E-state index contributed by atoms with van der Waals surface area (Å²) in [5.74, 6) is 1.76. The van der Waals surface area contributed by atoms with Crippen LogP contribution in [-0.4, -0.2) is 11.2 Å². The first-order valence-corrected chi connectivity index (χ1v) is 7.61. The first-order valence-electron chi connectivity index (χ1n) is 7.61. The van der Waals surface area contributed by atoms with Crippen molar-refractivity contribution in [3.05, 3.63) is 17.5 Å². The van der Waals surface area contributed by atoms with E-state index in [9.17, 15) is 0 Å². The molecule has 0 bridgehead atoms. The van der Waals surface area contributed by atoms with Crippen molar-refractivity contribution in [1.82, 2.24) is 10.5 Å². The number of nitrogens with zero attached hydrogens (tertiary/aromatic N) is 1. The van der Waals surface area contributed by atoms with E-state index in [4.69, 9.17) is 4.52 Å². The predicted molar refractivity (Wildman–Crippen MR) is 77.9 cm³/mol.